The van der Waals surface area contributed by atoms with Crippen LogP contribution in [0.5, 0.6) is 0 Å². The van der Waals surface area contributed by atoms with Crippen LogP contribution in [0.4, 0.5) is 0 Å². The standard InChI is InChI=1S/C26H33Si.6ClH.Sb/c1-19(2)27(20(3)4,21(5)6)18-17-24-25(22-13-9-7-10-14-22)26(24)23-15-11-8-12-16-23;;;;;;;/h7-16,19-21,24-25H,1-6H3;6*1H;/q+1;;;;;;;+5/p-6. The van der Waals surface area contributed by atoms with Gasteiger partial charge in [0.15, 0.2) is 0 Å². The summed E-state index contributed by atoms with van der Waals surface area (Å²) in [5.41, 5.74) is 8.76. The predicted octanol–water partition coefficient (Wildman–Crippen LogP) is 11.0. The van der Waals surface area contributed by atoms with Crippen LogP contribution in [0.15, 0.2) is 60.7 Å². The molecule has 2 unspecified atom stereocenters. The van der Waals surface area contributed by atoms with Gasteiger partial charge in [0.05, 0.1) is 11.8 Å². The van der Waals surface area contributed by atoms with Gasteiger partial charge in [-0.05, 0) is 40.4 Å². The van der Waals surface area contributed by atoms with Crippen molar-refractivity contribution in [3.63, 3.8) is 0 Å². The van der Waals surface area contributed by atoms with E-state index in [1.807, 2.05) is 0 Å². The Labute approximate surface area is 227 Å². The topological polar surface area (TPSA) is 0 Å². The first-order valence-corrected chi connectivity index (χ1v) is 33.0. The molecule has 8 heteroatoms. The molecule has 3 rings (SSSR count). The van der Waals surface area contributed by atoms with Gasteiger partial charge in [0, 0.05) is 12.1 Å². The molecule has 0 spiro atoms. The van der Waals surface area contributed by atoms with Crippen molar-refractivity contribution >= 4 is 70.2 Å². The fourth-order valence-corrected chi connectivity index (χ4v) is 10.4. The van der Waals surface area contributed by atoms with Crippen LogP contribution in [0, 0.1) is 23.3 Å². The molecular weight excluding hydrogens is 675 g/mol. The molecule has 34 heavy (non-hydrogen) atoms. The number of hydrogen-bond donors (Lipinski definition) is 0. The van der Waals surface area contributed by atoms with E-state index in [1.54, 1.807) is 0 Å². The van der Waals surface area contributed by atoms with Crippen molar-refractivity contribution in [2.24, 2.45) is 5.92 Å². The second kappa shape index (κ2) is 10.8. The molecule has 0 aromatic heterocycles. The molecule has 2 aromatic carbocycles. The molecule has 1 aliphatic carbocycles. The molecule has 0 N–H and O–H groups in total. The maximum absolute atomic E-state index is 5.42. The Balaban J connectivity index is 0.000000509. The molecule has 0 amide bonds. The van der Waals surface area contributed by atoms with Gasteiger partial charge >= 0.3 is 62.1 Å². The van der Waals surface area contributed by atoms with Gasteiger partial charge in [-0.3, -0.25) is 0 Å². The van der Waals surface area contributed by atoms with E-state index in [0.717, 1.165) is 0 Å². The van der Waals surface area contributed by atoms with Gasteiger partial charge in [0.2, 0.25) is 0 Å². The Morgan fingerprint density at radius 3 is 1.47 bits per heavy atom. The minimum atomic E-state index is -5.42. The van der Waals surface area contributed by atoms with Gasteiger partial charge in [-0.25, -0.2) is 0 Å². The van der Waals surface area contributed by atoms with Crippen LogP contribution in [-0.4, -0.2) is 17.2 Å². The molecule has 188 valence electrons. The van der Waals surface area contributed by atoms with Crippen LogP contribution < -0.4 is 0 Å². The van der Waals surface area contributed by atoms with Crippen LogP contribution in [0.3, 0.4) is 0 Å². The summed E-state index contributed by atoms with van der Waals surface area (Å²) in [7, 11) is 23.3. The zero-order valence-corrected chi connectivity index (χ0v) is 28.5. The molecule has 0 bridgehead atoms. The van der Waals surface area contributed by atoms with E-state index in [-0.39, 0.29) is 0 Å². The molecule has 0 saturated heterocycles. The number of benzene rings is 2. The van der Waals surface area contributed by atoms with E-state index in [9.17, 15) is 0 Å². The monoisotopic (exact) mass is 704 g/mol. The Hall–Kier alpha value is 0.645. The summed E-state index contributed by atoms with van der Waals surface area (Å²) in [6.07, 6.45) is 0. The number of hydrogen-bond acceptors (Lipinski definition) is 0. The SMILES string of the molecule is CC(C)[Si](C#CC1[C+](c2ccccc2)C1c1ccccc1)(C(C)C)C(C)C.[Cl][Sb-]([Cl])([Cl])([Cl])([Cl])[Cl]. The Kier molecular flexibility index (Phi) is 9.80. The molecular formula is C26H33Cl6SbSi. The molecule has 0 nitrogen and oxygen atoms in total. The third kappa shape index (κ3) is 9.51. The van der Waals surface area contributed by atoms with Crippen molar-refractivity contribution in [3.05, 3.63) is 77.7 Å². The quantitative estimate of drug-likeness (QED) is 0.165. The van der Waals surface area contributed by atoms with Crippen LogP contribution in [0.2, 0.25) is 16.6 Å². The van der Waals surface area contributed by atoms with Gasteiger partial charge < -0.3 is 0 Å². The minimum absolute atomic E-state index is 0.373. The zero-order chi connectivity index (χ0) is 26.0. The van der Waals surface area contributed by atoms with E-state index in [2.05, 4.69) is 114 Å². The van der Waals surface area contributed by atoms with Crippen LogP contribution in [0.25, 0.3) is 0 Å². The molecule has 1 fully saturated rings. The summed E-state index contributed by atoms with van der Waals surface area (Å²) in [5.74, 6) is 6.15. The van der Waals surface area contributed by atoms with Gasteiger partial charge in [-0.15, -0.1) is 5.54 Å². The van der Waals surface area contributed by atoms with E-state index in [4.69, 9.17) is 53.0 Å². The van der Waals surface area contributed by atoms with E-state index in [1.165, 1.54) is 17.0 Å². The van der Waals surface area contributed by atoms with Gasteiger partial charge in [-0.1, -0.05) is 77.8 Å². The molecule has 0 aliphatic heterocycles. The van der Waals surface area contributed by atoms with E-state index in [0.29, 0.717) is 28.5 Å². The second-order valence-corrected chi connectivity index (χ2v) is 72.3. The van der Waals surface area contributed by atoms with Crippen molar-refractivity contribution < 1.29 is 0 Å². The number of halogens is 6. The van der Waals surface area contributed by atoms with Crippen LogP contribution in [-0.2, 0) is 0 Å². The van der Waals surface area contributed by atoms with Crippen molar-refractivity contribution in [1.82, 2.24) is 0 Å². The first-order chi connectivity index (χ1) is 15.3. The van der Waals surface area contributed by atoms with Gasteiger partial charge in [-0.2, -0.15) is 0 Å². The molecule has 2 atom stereocenters. The second-order valence-electron chi connectivity index (χ2n) is 9.81. The summed E-state index contributed by atoms with van der Waals surface area (Å²) < 4.78 is 0. The van der Waals surface area contributed by atoms with Crippen molar-refractivity contribution in [3.8, 4) is 11.5 Å². The van der Waals surface area contributed by atoms with Crippen LogP contribution in [0.1, 0.15) is 58.6 Å². The number of rotatable bonds is 5. The predicted molar refractivity (Wildman–Crippen MR) is 161 cm³/mol. The van der Waals surface area contributed by atoms with Crippen molar-refractivity contribution in [1.29, 1.82) is 0 Å². The third-order valence-corrected chi connectivity index (χ3v) is 12.8. The Bertz CT molecular complexity index is 927. The summed E-state index contributed by atoms with van der Waals surface area (Å²) in [5, 5.41) is 0. The normalized spacial score (nSPS) is 20.1. The first-order valence-electron chi connectivity index (χ1n) is 11.4. The zero-order valence-electron chi connectivity index (χ0n) is 20.4. The summed E-state index contributed by atoms with van der Waals surface area (Å²) in [4.78, 5) is 0. The Morgan fingerprint density at radius 2 is 1.09 bits per heavy atom. The molecule has 0 radical (unpaired) electrons. The molecule has 2 aromatic rings. The van der Waals surface area contributed by atoms with Gasteiger partial charge in [0.1, 0.15) is 19.6 Å². The average molecular weight is 708 g/mol. The summed E-state index contributed by atoms with van der Waals surface area (Å²) in [6, 6.07) is 21.8. The van der Waals surface area contributed by atoms with E-state index < -0.39 is 17.2 Å². The van der Waals surface area contributed by atoms with Crippen molar-refractivity contribution in [2.75, 3.05) is 0 Å². The summed E-state index contributed by atoms with van der Waals surface area (Å²) >= 11 is 0. The molecule has 0 heterocycles. The molecule has 1 saturated carbocycles. The Morgan fingerprint density at radius 1 is 0.706 bits per heavy atom. The van der Waals surface area contributed by atoms with E-state index >= 15 is 0 Å². The summed E-state index contributed by atoms with van der Waals surface area (Å²) in [6.45, 7) is 14.4. The maximum atomic E-state index is 5.06. The van der Waals surface area contributed by atoms with Crippen molar-refractivity contribution in [2.45, 2.75) is 64.1 Å². The van der Waals surface area contributed by atoms with Gasteiger partial charge in [0.25, 0.3) is 0 Å². The fourth-order valence-electron chi connectivity index (χ4n) is 5.08. The third-order valence-electron chi connectivity index (χ3n) is 6.47. The first kappa shape index (κ1) is 30.9. The fraction of sp³-hybridized carbons (Fsp3) is 0.423. The molecule has 1 aliphatic rings. The van der Waals surface area contributed by atoms with Crippen LogP contribution >= 0.6 is 53.0 Å². The average Bonchev–Trinajstić information content (AvgIpc) is 3.41.